The van der Waals surface area contributed by atoms with E-state index in [-0.39, 0.29) is 41.3 Å². The lowest BCUT2D eigenvalue weighted by atomic mass is 9.64. The summed E-state index contributed by atoms with van der Waals surface area (Å²) in [5, 5.41) is 4.86. The number of imide groups is 2. The minimum absolute atomic E-state index is 0.0257. The number of carbonyl (C=O) groups excluding carboxylic acids is 6. The van der Waals surface area contributed by atoms with Gasteiger partial charge in [0.1, 0.15) is 12.1 Å². The molecule has 0 aromatic heterocycles. The normalized spacial score (nSPS) is 27.2. The minimum atomic E-state index is -1.02. The lowest BCUT2D eigenvalue weighted by molar-refractivity contribution is -0.151. The Balaban J connectivity index is 1.45. The summed E-state index contributed by atoms with van der Waals surface area (Å²) in [6.07, 6.45) is 1.94. The second-order valence-corrected chi connectivity index (χ2v) is 10.3. The Morgan fingerprint density at radius 3 is 2.53 bits per heavy atom. The SMILES string of the molecule is C[C@H]1CC(C)(C)C[C@]2(C1)NC(=O)N(CC(=O)OCC(=O)NCCN1C(=O)CSC1=O)C2=O. The van der Waals surface area contributed by atoms with Crippen molar-refractivity contribution in [3.8, 4) is 0 Å². The molecule has 0 bridgehead atoms. The lowest BCUT2D eigenvalue weighted by Crippen LogP contribution is -2.54. The molecule has 3 rings (SSSR count). The Kier molecular flexibility index (Phi) is 6.82. The highest BCUT2D eigenvalue weighted by Crippen LogP contribution is 2.46. The van der Waals surface area contributed by atoms with Crippen molar-refractivity contribution in [2.24, 2.45) is 11.3 Å². The van der Waals surface area contributed by atoms with Crippen LogP contribution in [0, 0.1) is 11.3 Å². The van der Waals surface area contributed by atoms with Gasteiger partial charge in [-0.1, -0.05) is 32.5 Å². The molecular formula is C20H28N4O7S. The van der Waals surface area contributed by atoms with Gasteiger partial charge in [-0.05, 0) is 30.6 Å². The van der Waals surface area contributed by atoms with Crippen LogP contribution in [0.3, 0.4) is 0 Å². The second kappa shape index (κ2) is 9.08. The molecule has 176 valence electrons. The molecule has 2 saturated heterocycles. The number of nitrogens with one attached hydrogen (secondary N) is 2. The van der Waals surface area contributed by atoms with Gasteiger partial charge in [-0.25, -0.2) is 4.79 Å². The summed E-state index contributed by atoms with van der Waals surface area (Å²) in [5.41, 5.74) is -1.14. The number of hydrogen-bond acceptors (Lipinski definition) is 8. The van der Waals surface area contributed by atoms with Crippen molar-refractivity contribution in [2.75, 3.05) is 32.0 Å². The number of hydrogen-bond donors (Lipinski definition) is 2. The zero-order valence-corrected chi connectivity index (χ0v) is 19.2. The van der Waals surface area contributed by atoms with Gasteiger partial charge >= 0.3 is 12.0 Å². The third-order valence-corrected chi connectivity index (χ3v) is 6.63. The summed E-state index contributed by atoms with van der Waals surface area (Å²) in [7, 11) is 0. The maximum absolute atomic E-state index is 13.0. The molecule has 12 heteroatoms. The van der Waals surface area contributed by atoms with Gasteiger partial charge in [0.05, 0.1) is 5.75 Å². The zero-order chi connectivity index (χ0) is 23.7. The fourth-order valence-corrected chi connectivity index (χ4v) is 5.68. The van der Waals surface area contributed by atoms with E-state index in [0.29, 0.717) is 12.8 Å². The Morgan fingerprint density at radius 1 is 1.19 bits per heavy atom. The van der Waals surface area contributed by atoms with Crippen LogP contribution in [-0.2, 0) is 23.9 Å². The molecule has 2 atom stereocenters. The monoisotopic (exact) mass is 468 g/mol. The highest BCUT2D eigenvalue weighted by atomic mass is 32.2. The van der Waals surface area contributed by atoms with E-state index in [1.165, 1.54) is 0 Å². The first kappa shape index (κ1) is 24.0. The van der Waals surface area contributed by atoms with E-state index in [9.17, 15) is 28.8 Å². The van der Waals surface area contributed by atoms with Gasteiger partial charge in [0.15, 0.2) is 6.61 Å². The summed E-state index contributed by atoms with van der Waals surface area (Å²) < 4.78 is 4.89. The molecule has 0 unspecified atom stereocenters. The van der Waals surface area contributed by atoms with Crippen LogP contribution < -0.4 is 10.6 Å². The van der Waals surface area contributed by atoms with Crippen molar-refractivity contribution in [1.29, 1.82) is 0 Å². The van der Waals surface area contributed by atoms with Crippen LogP contribution in [0.15, 0.2) is 0 Å². The van der Waals surface area contributed by atoms with Gasteiger partial charge in [-0.3, -0.25) is 33.8 Å². The van der Waals surface area contributed by atoms with Gasteiger partial charge in [0.2, 0.25) is 5.91 Å². The van der Waals surface area contributed by atoms with Crippen molar-refractivity contribution in [2.45, 2.75) is 45.6 Å². The molecule has 0 aromatic carbocycles. The number of rotatable bonds is 7. The number of amides is 6. The molecule has 1 saturated carbocycles. The minimum Gasteiger partial charge on any atom is -0.454 e. The summed E-state index contributed by atoms with van der Waals surface area (Å²) in [5.74, 6) is -1.94. The molecule has 1 spiro atoms. The largest absolute Gasteiger partial charge is 0.454 e. The Hall–Kier alpha value is -2.63. The molecule has 6 amide bonds. The van der Waals surface area contributed by atoms with E-state index in [4.69, 9.17) is 4.74 Å². The number of carbonyl (C=O) groups is 6. The van der Waals surface area contributed by atoms with Crippen LogP contribution in [0.4, 0.5) is 9.59 Å². The number of esters is 1. The average Bonchev–Trinajstić information content (AvgIpc) is 3.10. The standard InChI is InChI=1S/C20H28N4O7S/c1-12-6-19(2,3)11-20(7-12)16(28)24(17(29)22-20)8-15(27)31-9-13(25)21-4-5-23-14(26)10-32-18(23)30/h12H,4-11H2,1-3H3,(H,21,25)(H,22,29)/t12-,20-/m0/s1. The molecule has 3 aliphatic rings. The van der Waals surface area contributed by atoms with Gasteiger partial charge in [-0.2, -0.15) is 0 Å². The Bertz CT molecular complexity index is 845. The first-order valence-corrected chi connectivity index (χ1v) is 11.4. The van der Waals surface area contributed by atoms with E-state index in [1.54, 1.807) is 0 Å². The highest BCUT2D eigenvalue weighted by Gasteiger charge is 2.56. The summed E-state index contributed by atoms with van der Waals surface area (Å²) in [4.78, 5) is 74.3. The van der Waals surface area contributed by atoms with Crippen molar-refractivity contribution in [1.82, 2.24) is 20.4 Å². The number of nitrogens with zero attached hydrogens (tertiary/aromatic N) is 2. The fraction of sp³-hybridized carbons (Fsp3) is 0.700. The molecule has 2 aliphatic heterocycles. The van der Waals surface area contributed by atoms with Crippen LogP contribution in [0.1, 0.15) is 40.0 Å². The Morgan fingerprint density at radius 2 is 1.91 bits per heavy atom. The number of thioether (sulfide) groups is 1. The van der Waals surface area contributed by atoms with E-state index in [2.05, 4.69) is 10.6 Å². The fourth-order valence-electron chi connectivity index (χ4n) is 4.93. The van der Waals surface area contributed by atoms with E-state index in [1.807, 2.05) is 20.8 Å². The molecule has 32 heavy (non-hydrogen) atoms. The van der Waals surface area contributed by atoms with E-state index >= 15 is 0 Å². The maximum Gasteiger partial charge on any atom is 0.326 e. The summed E-state index contributed by atoms with van der Waals surface area (Å²) in [6, 6.07) is -0.640. The smallest absolute Gasteiger partial charge is 0.326 e. The lowest BCUT2D eigenvalue weighted by Gasteiger charge is -2.43. The highest BCUT2D eigenvalue weighted by molar-refractivity contribution is 8.14. The second-order valence-electron chi connectivity index (χ2n) is 9.37. The van der Waals surface area contributed by atoms with Gasteiger partial charge in [0.25, 0.3) is 17.1 Å². The first-order chi connectivity index (χ1) is 14.9. The Labute approximate surface area is 189 Å². The summed E-state index contributed by atoms with van der Waals surface area (Å²) in [6.45, 7) is 5.01. The molecular weight excluding hydrogens is 440 g/mol. The van der Waals surface area contributed by atoms with Crippen molar-refractivity contribution in [3.05, 3.63) is 0 Å². The van der Waals surface area contributed by atoms with Crippen LogP contribution in [-0.4, -0.2) is 82.3 Å². The van der Waals surface area contributed by atoms with Crippen LogP contribution in [0.2, 0.25) is 0 Å². The predicted octanol–water partition coefficient (Wildman–Crippen LogP) is 0.478. The molecule has 2 N–H and O–H groups in total. The summed E-state index contributed by atoms with van der Waals surface area (Å²) >= 11 is 0.900. The van der Waals surface area contributed by atoms with Crippen LogP contribution in [0.5, 0.6) is 0 Å². The predicted molar refractivity (Wildman–Crippen MR) is 113 cm³/mol. The number of ether oxygens (including phenoxy) is 1. The average molecular weight is 469 g/mol. The molecule has 0 radical (unpaired) electrons. The van der Waals surface area contributed by atoms with Crippen LogP contribution in [0.25, 0.3) is 0 Å². The zero-order valence-electron chi connectivity index (χ0n) is 18.4. The van der Waals surface area contributed by atoms with Gasteiger partial charge in [-0.15, -0.1) is 0 Å². The molecule has 2 heterocycles. The van der Waals surface area contributed by atoms with E-state index < -0.39 is 42.5 Å². The van der Waals surface area contributed by atoms with Crippen molar-refractivity contribution < 1.29 is 33.5 Å². The number of urea groups is 1. The molecule has 3 fully saturated rings. The maximum atomic E-state index is 13.0. The third-order valence-electron chi connectivity index (χ3n) is 5.77. The quantitative estimate of drug-likeness (QED) is 0.406. The van der Waals surface area contributed by atoms with Crippen LogP contribution >= 0.6 is 11.8 Å². The van der Waals surface area contributed by atoms with E-state index in [0.717, 1.165) is 28.0 Å². The molecule has 0 aromatic rings. The molecule has 11 nitrogen and oxygen atoms in total. The van der Waals surface area contributed by atoms with Crippen molar-refractivity contribution in [3.63, 3.8) is 0 Å². The first-order valence-electron chi connectivity index (χ1n) is 10.5. The van der Waals surface area contributed by atoms with Crippen molar-refractivity contribution >= 4 is 46.7 Å². The van der Waals surface area contributed by atoms with Gasteiger partial charge in [0, 0.05) is 13.1 Å². The van der Waals surface area contributed by atoms with Gasteiger partial charge < -0.3 is 15.4 Å². The molecule has 1 aliphatic carbocycles. The topological polar surface area (TPSA) is 142 Å². The third kappa shape index (κ3) is 5.22.